The summed E-state index contributed by atoms with van der Waals surface area (Å²) in [7, 11) is 1.02. The van der Waals surface area contributed by atoms with Crippen LogP contribution in [0.4, 0.5) is 26.3 Å². The van der Waals surface area contributed by atoms with Crippen LogP contribution in [0.3, 0.4) is 0 Å². The van der Waals surface area contributed by atoms with Crippen molar-refractivity contribution in [3.05, 3.63) is 16.1 Å². The first-order chi connectivity index (χ1) is 7.16. The fraction of sp³-hybridized carbons (Fsp3) is 0.571. The van der Waals surface area contributed by atoms with Gasteiger partial charge in [0.05, 0.1) is 4.88 Å². The Bertz CT molecular complexity index is 354. The van der Waals surface area contributed by atoms with Gasteiger partial charge in [0.15, 0.2) is 5.01 Å². The van der Waals surface area contributed by atoms with Gasteiger partial charge in [-0.05, 0) is 7.05 Å². The number of hydrogen-bond donors (Lipinski definition) is 1. The van der Waals surface area contributed by atoms with Crippen LogP contribution in [-0.2, 0) is 6.18 Å². The summed E-state index contributed by atoms with van der Waals surface area (Å²) < 4.78 is 73.4. The monoisotopic (exact) mass is 264 g/mol. The number of alkyl halides is 6. The molecule has 1 N–H and O–H groups in total. The predicted octanol–water partition coefficient (Wildman–Crippen LogP) is 2.98. The lowest BCUT2D eigenvalue weighted by atomic mass is 10.2. The SMILES string of the molecule is CNC(c1cnc(C(F)(F)F)s1)C(F)(F)F. The van der Waals surface area contributed by atoms with E-state index in [1.54, 1.807) is 0 Å². The zero-order chi connectivity index (χ0) is 12.6. The van der Waals surface area contributed by atoms with Gasteiger partial charge in [-0.2, -0.15) is 26.3 Å². The standard InChI is InChI=1S/C7H6F6N2S/c1-14-4(6(8,9)10)3-2-15-5(16-3)7(11,12)13/h2,4,14H,1H3. The van der Waals surface area contributed by atoms with Crippen molar-refractivity contribution in [2.45, 2.75) is 18.4 Å². The van der Waals surface area contributed by atoms with Crippen LogP contribution < -0.4 is 5.32 Å². The van der Waals surface area contributed by atoms with Crippen LogP contribution in [0.1, 0.15) is 15.9 Å². The van der Waals surface area contributed by atoms with Crippen molar-refractivity contribution in [1.82, 2.24) is 10.3 Å². The Hall–Kier alpha value is -0.830. The van der Waals surface area contributed by atoms with Crippen LogP contribution in [-0.4, -0.2) is 18.2 Å². The number of nitrogens with one attached hydrogen (secondary N) is 1. The average Bonchev–Trinajstić information content (AvgIpc) is 2.50. The van der Waals surface area contributed by atoms with Crippen molar-refractivity contribution in [2.24, 2.45) is 0 Å². The molecule has 0 aromatic carbocycles. The van der Waals surface area contributed by atoms with Crippen molar-refractivity contribution < 1.29 is 26.3 Å². The van der Waals surface area contributed by atoms with Crippen molar-refractivity contribution >= 4 is 11.3 Å². The van der Waals surface area contributed by atoms with Crippen LogP contribution in [0.5, 0.6) is 0 Å². The Balaban J connectivity index is 3.01. The van der Waals surface area contributed by atoms with Gasteiger partial charge in [0.1, 0.15) is 6.04 Å². The first kappa shape index (κ1) is 13.2. The Morgan fingerprint density at radius 2 is 1.81 bits per heavy atom. The highest BCUT2D eigenvalue weighted by Gasteiger charge is 2.43. The third-order valence-electron chi connectivity index (χ3n) is 1.67. The van der Waals surface area contributed by atoms with E-state index in [-0.39, 0.29) is 11.3 Å². The fourth-order valence-electron chi connectivity index (χ4n) is 1.02. The molecule has 0 amide bonds. The summed E-state index contributed by atoms with van der Waals surface area (Å²) in [5, 5.41) is 0.616. The lowest BCUT2D eigenvalue weighted by Gasteiger charge is -2.17. The second-order valence-electron chi connectivity index (χ2n) is 2.83. The molecule has 1 aromatic heterocycles. The van der Waals surface area contributed by atoms with E-state index in [0.29, 0.717) is 6.20 Å². The molecule has 1 heterocycles. The molecule has 0 aliphatic rings. The number of thiazole rings is 1. The third kappa shape index (κ3) is 2.85. The van der Waals surface area contributed by atoms with Gasteiger partial charge in [-0.15, -0.1) is 11.3 Å². The summed E-state index contributed by atoms with van der Waals surface area (Å²) in [4.78, 5) is 2.41. The van der Waals surface area contributed by atoms with E-state index in [1.807, 2.05) is 5.32 Å². The molecule has 1 rings (SSSR count). The molecule has 0 aliphatic carbocycles. The Morgan fingerprint density at radius 3 is 2.12 bits per heavy atom. The molecule has 0 saturated carbocycles. The van der Waals surface area contributed by atoms with Gasteiger partial charge in [0, 0.05) is 6.20 Å². The number of aromatic nitrogens is 1. The minimum atomic E-state index is -4.72. The average molecular weight is 264 g/mol. The van der Waals surface area contributed by atoms with E-state index in [2.05, 4.69) is 4.98 Å². The van der Waals surface area contributed by atoms with E-state index in [9.17, 15) is 26.3 Å². The first-order valence-corrected chi connectivity index (χ1v) is 4.75. The second kappa shape index (κ2) is 4.21. The van der Waals surface area contributed by atoms with Gasteiger partial charge in [-0.25, -0.2) is 4.98 Å². The number of rotatable bonds is 2. The number of nitrogens with zero attached hydrogens (tertiary/aromatic N) is 1. The van der Waals surface area contributed by atoms with Gasteiger partial charge in [0.2, 0.25) is 0 Å². The summed E-state index contributed by atoms with van der Waals surface area (Å²) in [6.07, 6.45) is -8.78. The molecular weight excluding hydrogens is 258 g/mol. The van der Waals surface area contributed by atoms with Gasteiger partial charge >= 0.3 is 12.4 Å². The van der Waals surface area contributed by atoms with Crippen molar-refractivity contribution in [3.63, 3.8) is 0 Å². The molecule has 0 aliphatic heterocycles. The molecule has 0 saturated heterocycles. The van der Waals surface area contributed by atoms with Gasteiger partial charge < -0.3 is 5.32 Å². The molecular formula is C7H6F6N2S. The third-order valence-corrected chi connectivity index (χ3v) is 2.77. The maximum Gasteiger partial charge on any atom is 0.443 e. The van der Waals surface area contributed by atoms with E-state index in [1.165, 1.54) is 0 Å². The molecule has 1 atom stereocenters. The van der Waals surface area contributed by atoms with Crippen LogP contribution in [0.15, 0.2) is 6.20 Å². The highest BCUT2D eigenvalue weighted by atomic mass is 32.1. The molecule has 92 valence electrons. The molecule has 0 bridgehead atoms. The molecule has 2 nitrogen and oxygen atoms in total. The largest absolute Gasteiger partial charge is 0.443 e. The van der Waals surface area contributed by atoms with Crippen LogP contribution in [0, 0.1) is 0 Å². The molecule has 9 heteroatoms. The normalized spacial score (nSPS) is 15.2. The Morgan fingerprint density at radius 1 is 1.25 bits per heavy atom. The summed E-state index contributed by atoms with van der Waals surface area (Å²) in [6.45, 7) is 0. The zero-order valence-corrected chi connectivity index (χ0v) is 8.59. The van der Waals surface area contributed by atoms with E-state index in [0.717, 1.165) is 7.05 Å². The topological polar surface area (TPSA) is 24.9 Å². The van der Waals surface area contributed by atoms with Gasteiger partial charge in [0.25, 0.3) is 0 Å². The maximum absolute atomic E-state index is 12.3. The van der Waals surface area contributed by atoms with E-state index < -0.39 is 28.3 Å². The van der Waals surface area contributed by atoms with Crippen molar-refractivity contribution in [3.8, 4) is 0 Å². The molecule has 0 fully saturated rings. The Labute approximate surface area is 90.3 Å². The van der Waals surface area contributed by atoms with Crippen LogP contribution in [0.25, 0.3) is 0 Å². The number of halogens is 6. The molecule has 0 radical (unpaired) electrons. The molecule has 1 aromatic rings. The first-order valence-electron chi connectivity index (χ1n) is 3.93. The minimum Gasteiger partial charge on any atom is -0.305 e. The predicted molar refractivity (Wildman–Crippen MR) is 45.0 cm³/mol. The highest BCUT2D eigenvalue weighted by molar-refractivity contribution is 7.11. The maximum atomic E-state index is 12.3. The minimum absolute atomic E-state index is 0.0192. The van der Waals surface area contributed by atoms with Crippen LogP contribution in [0.2, 0.25) is 0 Å². The lowest BCUT2D eigenvalue weighted by molar-refractivity contribution is -0.155. The van der Waals surface area contributed by atoms with Crippen molar-refractivity contribution in [1.29, 1.82) is 0 Å². The number of hydrogen-bond acceptors (Lipinski definition) is 3. The second-order valence-corrected chi connectivity index (χ2v) is 3.89. The van der Waals surface area contributed by atoms with Gasteiger partial charge in [-0.3, -0.25) is 0 Å². The fourth-order valence-corrected chi connectivity index (χ4v) is 1.94. The molecule has 16 heavy (non-hydrogen) atoms. The summed E-state index contributed by atoms with van der Waals surface area (Å²) in [6, 6.07) is -2.12. The van der Waals surface area contributed by atoms with E-state index in [4.69, 9.17) is 0 Å². The summed E-state index contributed by atoms with van der Waals surface area (Å²) >= 11 is -0.0192. The zero-order valence-electron chi connectivity index (χ0n) is 7.78. The van der Waals surface area contributed by atoms with Gasteiger partial charge in [-0.1, -0.05) is 0 Å². The Kier molecular flexibility index (Phi) is 3.48. The van der Waals surface area contributed by atoms with Crippen LogP contribution >= 0.6 is 11.3 Å². The van der Waals surface area contributed by atoms with Crippen molar-refractivity contribution in [2.75, 3.05) is 7.05 Å². The smallest absolute Gasteiger partial charge is 0.305 e. The molecule has 0 spiro atoms. The highest BCUT2D eigenvalue weighted by Crippen LogP contribution is 2.39. The summed E-state index contributed by atoms with van der Waals surface area (Å²) in [5.74, 6) is 0. The van der Waals surface area contributed by atoms with E-state index >= 15 is 0 Å². The lowest BCUT2D eigenvalue weighted by Crippen LogP contribution is -2.30. The quantitative estimate of drug-likeness (QED) is 0.831. The molecule has 1 unspecified atom stereocenters. The summed E-state index contributed by atoms with van der Waals surface area (Å²) in [5.41, 5.74) is 0.